The number of rotatable bonds is 2. The second kappa shape index (κ2) is 6.14. The highest BCUT2D eigenvalue weighted by atomic mass is 15.0. The molecule has 2 aromatic heterocycles. The summed E-state index contributed by atoms with van der Waals surface area (Å²) < 4.78 is 4.59. The van der Waals surface area contributed by atoms with Gasteiger partial charge in [-0.3, -0.25) is 0 Å². The fraction of sp³-hybridized carbons (Fsp3) is 0.208. The highest BCUT2D eigenvalue weighted by molar-refractivity contribution is 5.84. The van der Waals surface area contributed by atoms with E-state index in [-0.39, 0.29) is 0 Å². The number of hydrogen-bond donors (Lipinski definition) is 0. The molecule has 0 bridgehead atoms. The zero-order valence-electron chi connectivity index (χ0n) is 16.2. The number of pyridine rings is 1. The van der Waals surface area contributed by atoms with Crippen LogP contribution in [0.25, 0.3) is 27.8 Å². The lowest BCUT2D eigenvalue weighted by atomic mass is 10.0. The van der Waals surface area contributed by atoms with Gasteiger partial charge in [-0.1, -0.05) is 35.9 Å². The van der Waals surface area contributed by atoms with Gasteiger partial charge in [0.1, 0.15) is 12.7 Å². The predicted octanol–water partition coefficient (Wildman–Crippen LogP) is 5.36. The van der Waals surface area contributed by atoms with Gasteiger partial charge in [0.05, 0.1) is 5.69 Å². The van der Waals surface area contributed by atoms with E-state index in [0.29, 0.717) is 0 Å². The number of aryl methyl sites for hydroxylation is 5. The van der Waals surface area contributed by atoms with Gasteiger partial charge in [0.15, 0.2) is 6.20 Å². The first-order valence-electron chi connectivity index (χ1n) is 9.10. The molecular formula is C24H25N2+. The SMILES string of the molecule is Cc1cc(C)c(-n2ccc(C)c2-c2cc3ccccc3c[n+]2C)c(C)c1. The summed E-state index contributed by atoms with van der Waals surface area (Å²) in [6.45, 7) is 8.76. The summed E-state index contributed by atoms with van der Waals surface area (Å²) in [5.41, 5.74) is 8.98. The summed E-state index contributed by atoms with van der Waals surface area (Å²) in [6, 6.07) is 17.6. The lowest BCUT2D eigenvalue weighted by Crippen LogP contribution is -2.31. The Morgan fingerprint density at radius 2 is 1.42 bits per heavy atom. The third-order valence-corrected chi connectivity index (χ3v) is 5.21. The van der Waals surface area contributed by atoms with E-state index in [2.05, 4.69) is 105 Å². The van der Waals surface area contributed by atoms with Crippen LogP contribution in [0.15, 0.2) is 60.9 Å². The number of fused-ring (bicyclic) bond motifs is 1. The smallest absolute Gasteiger partial charge is 0.230 e. The summed E-state index contributed by atoms with van der Waals surface area (Å²) in [6.07, 6.45) is 4.42. The van der Waals surface area contributed by atoms with Gasteiger partial charge in [-0.05, 0) is 61.9 Å². The molecule has 4 rings (SSSR count). The standard InChI is InChI=1S/C24H25N2/c1-16-12-18(3)23(19(4)13-16)26-11-10-17(2)24(26)22-14-20-8-6-7-9-21(20)15-25(22)5/h6-15H,1-5H3/q+1. The van der Waals surface area contributed by atoms with Gasteiger partial charge in [0, 0.05) is 17.6 Å². The van der Waals surface area contributed by atoms with Gasteiger partial charge in [0.25, 0.3) is 0 Å². The van der Waals surface area contributed by atoms with Crippen LogP contribution >= 0.6 is 0 Å². The molecule has 0 atom stereocenters. The van der Waals surface area contributed by atoms with Crippen molar-refractivity contribution in [3.8, 4) is 17.1 Å². The van der Waals surface area contributed by atoms with Crippen molar-refractivity contribution in [2.45, 2.75) is 27.7 Å². The summed E-state index contributed by atoms with van der Waals surface area (Å²) in [7, 11) is 2.13. The van der Waals surface area contributed by atoms with Crippen molar-refractivity contribution in [3.63, 3.8) is 0 Å². The molecule has 0 aliphatic heterocycles. The Morgan fingerprint density at radius 1 is 0.769 bits per heavy atom. The molecule has 2 heteroatoms. The molecule has 0 unspecified atom stereocenters. The van der Waals surface area contributed by atoms with Gasteiger partial charge in [-0.15, -0.1) is 0 Å². The Hall–Kier alpha value is -2.87. The van der Waals surface area contributed by atoms with Crippen molar-refractivity contribution in [2.24, 2.45) is 7.05 Å². The molecule has 0 radical (unpaired) electrons. The molecule has 2 heterocycles. The third kappa shape index (κ3) is 2.62. The van der Waals surface area contributed by atoms with Gasteiger partial charge in [-0.2, -0.15) is 4.57 Å². The van der Waals surface area contributed by atoms with Crippen LogP contribution < -0.4 is 4.57 Å². The molecule has 0 aliphatic carbocycles. The van der Waals surface area contributed by atoms with Crippen molar-refractivity contribution in [2.75, 3.05) is 0 Å². The van der Waals surface area contributed by atoms with Crippen LogP contribution in [0.1, 0.15) is 22.3 Å². The monoisotopic (exact) mass is 341 g/mol. The average Bonchev–Trinajstić information content (AvgIpc) is 2.94. The van der Waals surface area contributed by atoms with E-state index in [0.717, 1.165) is 0 Å². The number of aromatic nitrogens is 2. The minimum Gasteiger partial charge on any atom is -0.311 e. The van der Waals surface area contributed by atoms with Crippen LogP contribution in [0.3, 0.4) is 0 Å². The van der Waals surface area contributed by atoms with Crippen LogP contribution in [0.4, 0.5) is 0 Å². The molecule has 4 aromatic rings. The van der Waals surface area contributed by atoms with Crippen molar-refractivity contribution < 1.29 is 4.57 Å². The molecule has 26 heavy (non-hydrogen) atoms. The molecule has 0 N–H and O–H groups in total. The normalized spacial score (nSPS) is 11.3. The molecule has 0 amide bonds. The molecule has 2 aromatic carbocycles. The lowest BCUT2D eigenvalue weighted by Gasteiger charge is -2.16. The van der Waals surface area contributed by atoms with Gasteiger partial charge < -0.3 is 4.57 Å². The first-order valence-corrected chi connectivity index (χ1v) is 9.10. The first kappa shape index (κ1) is 16.6. The van der Waals surface area contributed by atoms with E-state index in [1.54, 1.807) is 0 Å². The largest absolute Gasteiger partial charge is 0.311 e. The predicted molar refractivity (Wildman–Crippen MR) is 109 cm³/mol. The molecule has 2 nitrogen and oxygen atoms in total. The Balaban J connectivity index is 2.01. The molecule has 0 aliphatic rings. The van der Waals surface area contributed by atoms with Crippen molar-refractivity contribution in [1.29, 1.82) is 0 Å². The average molecular weight is 341 g/mol. The van der Waals surface area contributed by atoms with E-state index < -0.39 is 0 Å². The van der Waals surface area contributed by atoms with E-state index in [4.69, 9.17) is 0 Å². The van der Waals surface area contributed by atoms with Gasteiger partial charge in [-0.25, -0.2) is 0 Å². The molecule has 0 saturated heterocycles. The Bertz CT molecular complexity index is 1110. The Morgan fingerprint density at radius 3 is 2.12 bits per heavy atom. The minimum absolute atomic E-state index is 1.23. The van der Waals surface area contributed by atoms with E-state index in [1.165, 1.54) is 50.1 Å². The summed E-state index contributed by atoms with van der Waals surface area (Å²) >= 11 is 0. The van der Waals surface area contributed by atoms with Crippen LogP contribution in [0.5, 0.6) is 0 Å². The molecule has 130 valence electrons. The number of benzene rings is 2. The van der Waals surface area contributed by atoms with Crippen LogP contribution in [-0.2, 0) is 7.05 Å². The van der Waals surface area contributed by atoms with Gasteiger partial charge >= 0.3 is 0 Å². The maximum atomic E-state index is 2.35. The molecule has 0 saturated carbocycles. The first-order chi connectivity index (χ1) is 12.5. The number of nitrogens with zero attached hydrogens (tertiary/aromatic N) is 2. The quantitative estimate of drug-likeness (QED) is 0.434. The summed E-state index contributed by atoms with van der Waals surface area (Å²) in [5, 5.41) is 2.53. The molecule has 0 fully saturated rings. The second-order valence-electron chi connectivity index (χ2n) is 7.36. The van der Waals surface area contributed by atoms with Crippen molar-refractivity contribution in [1.82, 2.24) is 4.57 Å². The molecular weight excluding hydrogens is 316 g/mol. The fourth-order valence-corrected chi connectivity index (χ4v) is 4.12. The van der Waals surface area contributed by atoms with Crippen LogP contribution in [-0.4, -0.2) is 4.57 Å². The van der Waals surface area contributed by atoms with Crippen LogP contribution in [0.2, 0.25) is 0 Å². The zero-order chi connectivity index (χ0) is 18.4. The minimum atomic E-state index is 1.23. The fourth-order valence-electron chi connectivity index (χ4n) is 4.12. The maximum Gasteiger partial charge on any atom is 0.230 e. The Labute approximate surface area is 155 Å². The van der Waals surface area contributed by atoms with E-state index in [1.807, 2.05) is 0 Å². The lowest BCUT2D eigenvalue weighted by molar-refractivity contribution is -0.659. The Kier molecular flexibility index (Phi) is 3.91. The topological polar surface area (TPSA) is 8.81 Å². The second-order valence-corrected chi connectivity index (χ2v) is 7.36. The summed E-state index contributed by atoms with van der Waals surface area (Å²) in [5.74, 6) is 0. The van der Waals surface area contributed by atoms with Crippen LogP contribution in [0, 0.1) is 27.7 Å². The van der Waals surface area contributed by atoms with E-state index >= 15 is 0 Å². The summed E-state index contributed by atoms with van der Waals surface area (Å²) in [4.78, 5) is 0. The van der Waals surface area contributed by atoms with Crippen molar-refractivity contribution >= 4 is 10.8 Å². The third-order valence-electron chi connectivity index (χ3n) is 5.21. The highest BCUT2D eigenvalue weighted by Gasteiger charge is 2.20. The number of hydrogen-bond acceptors (Lipinski definition) is 0. The zero-order valence-corrected chi connectivity index (χ0v) is 16.2. The maximum absolute atomic E-state index is 2.35. The van der Waals surface area contributed by atoms with E-state index in [9.17, 15) is 0 Å². The molecule has 0 spiro atoms. The van der Waals surface area contributed by atoms with Crippen molar-refractivity contribution in [3.05, 3.63) is 83.2 Å². The highest BCUT2D eigenvalue weighted by Crippen LogP contribution is 2.30. The van der Waals surface area contributed by atoms with Gasteiger partial charge in [0.2, 0.25) is 5.69 Å².